The van der Waals surface area contributed by atoms with Crippen molar-refractivity contribution in [3.05, 3.63) is 12.2 Å². The molecule has 0 aliphatic carbocycles. The van der Waals surface area contributed by atoms with Crippen LogP contribution in [-0.4, -0.2) is 11.9 Å². The van der Waals surface area contributed by atoms with Crippen LogP contribution in [0.15, 0.2) is 12.2 Å². The van der Waals surface area contributed by atoms with Gasteiger partial charge in [0.05, 0.1) is 0 Å². The van der Waals surface area contributed by atoms with Crippen LogP contribution in [0.4, 0.5) is 0 Å². The van der Waals surface area contributed by atoms with Crippen molar-refractivity contribution >= 4 is 11.9 Å². The van der Waals surface area contributed by atoms with Crippen molar-refractivity contribution in [3.63, 3.8) is 0 Å². The number of carbonyl (C=O) groups is 2. The summed E-state index contributed by atoms with van der Waals surface area (Å²) in [4.78, 5) is 21.0. The molecular weight excluding hydrogens is 322 g/mol. The molecule has 4 nitrogen and oxygen atoms in total. The van der Waals surface area contributed by atoms with Gasteiger partial charge >= 0.3 is 19.5 Å². The van der Waals surface area contributed by atoms with Crippen molar-refractivity contribution in [3.8, 4) is 0 Å². The number of carboxylic acid groups (broad SMARTS) is 2. The molecule has 0 aliphatic heterocycles. The van der Waals surface area contributed by atoms with Crippen LogP contribution in [0.2, 0.25) is 0 Å². The van der Waals surface area contributed by atoms with E-state index in [1.54, 1.807) is 6.08 Å². The minimum absolute atomic E-state index is 0. The first-order valence-electron chi connectivity index (χ1n) is 7.65. The van der Waals surface area contributed by atoms with E-state index in [2.05, 4.69) is 6.92 Å². The maximum Gasteiger partial charge on any atom is 2.00 e. The molecule has 0 heterocycles. The smallest absolute Gasteiger partial charge is 0.550 e. The van der Waals surface area contributed by atoms with Gasteiger partial charge in [-0.25, -0.2) is 0 Å². The molecule has 0 rings (SSSR count). The molecule has 0 fully saturated rings. The zero-order chi connectivity index (χ0) is 15.2. The van der Waals surface area contributed by atoms with Crippen LogP contribution in [0.25, 0.3) is 0 Å². The first kappa shape index (κ1) is 22.6. The van der Waals surface area contributed by atoms with Gasteiger partial charge in [-0.05, 0) is 19.3 Å². The summed E-state index contributed by atoms with van der Waals surface area (Å²) in [5.41, 5.74) is 0. The Morgan fingerprint density at radius 2 is 1.48 bits per heavy atom. The van der Waals surface area contributed by atoms with Gasteiger partial charge in [-0.15, -0.1) is 0 Å². The Kier molecular flexibility index (Phi) is 16.9. The molecule has 5 heteroatoms. The molecule has 0 amide bonds. The molecule has 0 bridgehead atoms. The predicted octanol–water partition coefficient (Wildman–Crippen LogP) is 1.58. The van der Waals surface area contributed by atoms with Gasteiger partial charge < -0.3 is 19.8 Å². The second kappa shape index (κ2) is 15.7. The SMILES string of the molecule is CCCCCCCCCCC=CC(CC(=O)[O-])C(=O)[O-].[Zn+2]. The van der Waals surface area contributed by atoms with Crippen molar-refractivity contribution in [1.29, 1.82) is 0 Å². The molecule has 21 heavy (non-hydrogen) atoms. The molecule has 116 valence electrons. The van der Waals surface area contributed by atoms with Crippen LogP contribution in [-0.2, 0) is 29.1 Å². The van der Waals surface area contributed by atoms with E-state index in [0.29, 0.717) is 0 Å². The number of carboxylic acids is 2. The van der Waals surface area contributed by atoms with Crippen LogP contribution < -0.4 is 10.2 Å². The van der Waals surface area contributed by atoms with Crippen molar-refractivity contribution in [2.45, 2.75) is 71.1 Å². The number of unbranched alkanes of at least 4 members (excludes halogenated alkanes) is 8. The fourth-order valence-corrected chi connectivity index (χ4v) is 2.07. The summed E-state index contributed by atoms with van der Waals surface area (Å²) in [5, 5.41) is 21.0. The molecular formula is C16H26O4Zn. The number of hydrogen-bond acceptors (Lipinski definition) is 4. The zero-order valence-corrected chi connectivity index (χ0v) is 16.1. The third-order valence-electron chi connectivity index (χ3n) is 3.28. The van der Waals surface area contributed by atoms with Gasteiger partial charge in [-0.3, -0.25) is 0 Å². The standard InChI is InChI=1S/C16H28O4.Zn/c1-2-3-4-5-6-7-8-9-10-11-12-14(16(19)20)13-15(17)18;/h11-12,14H,2-10,13H2,1H3,(H,17,18)(H,19,20);/q;+2/p-2. The number of rotatable bonds is 13. The largest absolute Gasteiger partial charge is 2.00 e. The molecule has 0 aromatic rings. The Morgan fingerprint density at radius 1 is 0.952 bits per heavy atom. The Hall–Kier alpha value is -0.697. The Labute approximate surface area is 140 Å². The predicted molar refractivity (Wildman–Crippen MR) is 74.5 cm³/mol. The molecule has 0 radical (unpaired) electrons. The van der Waals surface area contributed by atoms with Crippen LogP contribution in [0.1, 0.15) is 71.1 Å². The Balaban J connectivity index is 0. The van der Waals surface area contributed by atoms with E-state index >= 15 is 0 Å². The van der Waals surface area contributed by atoms with Gasteiger partial charge in [0.1, 0.15) is 0 Å². The topological polar surface area (TPSA) is 80.3 Å². The number of carbonyl (C=O) groups excluding carboxylic acids is 2. The fraction of sp³-hybridized carbons (Fsp3) is 0.750. The molecule has 0 N–H and O–H groups in total. The molecule has 0 spiro atoms. The van der Waals surface area contributed by atoms with E-state index in [-0.39, 0.29) is 19.5 Å². The van der Waals surface area contributed by atoms with Crippen molar-refractivity contribution in [2.75, 3.05) is 0 Å². The molecule has 0 aliphatic rings. The Morgan fingerprint density at radius 3 is 1.95 bits per heavy atom. The van der Waals surface area contributed by atoms with E-state index in [4.69, 9.17) is 0 Å². The van der Waals surface area contributed by atoms with Crippen molar-refractivity contribution < 1.29 is 39.3 Å². The van der Waals surface area contributed by atoms with Crippen LogP contribution in [0.5, 0.6) is 0 Å². The second-order valence-electron chi connectivity index (χ2n) is 5.19. The normalized spacial score (nSPS) is 12.0. The first-order valence-corrected chi connectivity index (χ1v) is 7.65. The summed E-state index contributed by atoms with van der Waals surface area (Å²) in [7, 11) is 0. The van der Waals surface area contributed by atoms with Crippen molar-refractivity contribution in [1.82, 2.24) is 0 Å². The number of allylic oxidation sites excluding steroid dienone is 1. The average molecular weight is 348 g/mol. The van der Waals surface area contributed by atoms with Crippen LogP contribution in [0, 0.1) is 5.92 Å². The van der Waals surface area contributed by atoms with Gasteiger partial charge in [0, 0.05) is 17.9 Å². The quantitative estimate of drug-likeness (QED) is 0.288. The summed E-state index contributed by atoms with van der Waals surface area (Å²) >= 11 is 0. The molecule has 0 aromatic heterocycles. The summed E-state index contributed by atoms with van der Waals surface area (Å²) in [6, 6.07) is 0. The van der Waals surface area contributed by atoms with E-state index in [1.807, 2.05) is 0 Å². The maximum atomic E-state index is 10.7. The van der Waals surface area contributed by atoms with Gasteiger partial charge in [0.15, 0.2) is 0 Å². The van der Waals surface area contributed by atoms with E-state index in [0.717, 1.165) is 19.3 Å². The van der Waals surface area contributed by atoms with E-state index in [1.165, 1.54) is 44.6 Å². The molecule has 0 saturated carbocycles. The molecule has 1 unspecified atom stereocenters. The maximum absolute atomic E-state index is 10.7. The minimum Gasteiger partial charge on any atom is -0.550 e. The second-order valence-corrected chi connectivity index (χ2v) is 5.19. The first-order chi connectivity index (χ1) is 9.57. The van der Waals surface area contributed by atoms with E-state index < -0.39 is 24.3 Å². The summed E-state index contributed by atoms with van der Waals surface area (Å²) in [6.07, 6.45) is 13.2. The van der Waals surface area contributed by atoms with Gasteiger partial charge in [0.2, 0.25) is 0 Å². The number of hydrogen-bond donors (Lipinski definition) is 0. The molecule has 0 saturated heterocycles. The van der Waals surface area contributed by atoms with Gasteiger partial charge in [0.25, 0.3) is 0 Å². The average Bonchev–Trinajstić information content (AvgIpc) is 2.39. The summed E-state index contributed by atoms with van der Waals surface area (Å²) in [6.45, 7) is 2.20. The van der Waals surface area contributed by atoms with Crippen molar-refractivity contribution in [2.24, 2.45) is 5.92 Å². The Bertz CT molecular complexity index is 303. The van der Waals surface area contributed by atoms with Crippen LogP contribution in [0.3, 0.4) is 0 Å². The summed E-state index contributed by atoms with van der Waals surface area (Å²) < 4.78 is 0. The van der Waals surface area contributed by atoms with Gasteiger partial charge in [-0.2, -0.15) is 0 Å². The molecule has 1 atom stereocenters. The monoisotopic (exact) mass is 346 g/mol. The van der Waals surface area contributed by atoms with E-state index in [9.17, 15) is 19.8 Å². The molecule has 0 aromatic carbocycles. The fourth-order valence-electron chi connectivity index (χ4n) is 2.07. The summed E-state index contributed by atoms with van der Waals surface area (Å²) in [5.74, 6) is -3.80. The third-order valence-corrected chi connectivity index (χ3v) is 3.28. The number of aliphatic carboxylic acids is 2. The van der Waals surface area contributed by atoms with Crippen LogP contribution >= 0.6 is 0 Å². The minimum atomic E-state index is -1.36. The zero-order valence-electron chi connectivity index (χ0n) is 13.1. The van der Waals surface area contributed by atoms with Gasteiger partial charge in [-0.1, -0.05) is 64.0 Å². The third kappa shape index (κ3) is 15.5.